The normalized spacial score (nSPS) is 16.7. The number of rotatable bonds is 4. The fraction of sp³-hybridized carbons (Fsp3) is 0.300. The Labute approximate surface area is 158 Å². The summed E-state index contributed by atoms with van der Waals surface area (Å²) in [4.78, 5) is 28.6. The van der Waals surface area contributed by atoms with Gasteiger partial charge in [-0.25, -0.2) is 0 Å². The van der Waals surface area contributed by atoms with Crippen molar-refractivity contribution in [3.8, 4) is 0 Å². The fourth-order valence-electron chi connectivity index (χ4n) is 3.09. The van der Waals surface area contributed by atoms with Gasteiger partial charge in [-0.05, 0) is 48.9 Å². The van der Waals surface area contributed by atoms with Crippen LogP contribution < -0.4 is 15.1 Å². The summed E-state index contributed by atoms with van der Waals surface area (Å²) in [5.41, 5.74) is 3.41. The monoisotopic (exact) mass is 371 g/mol. The molecule has 2 aromatic carbocycles. The van der Waals surface area contributed by atoms with Crippen molar-refractivity contribution in [1.29, 1.82) is 0 Å². The molecule has 0 saturated carbocycles. The van der Waals surface area contributed by atoms with Crippen LogP contribution in [0.25, 0.3) is 0 Å². The molecule has 1 fully saturated rings. The predicted molar refractivity (Wildman–Crippen MR) is 106 cm³/mol. The molecule has 1 heterocycles. The number of benzene rings is 2. The molecule has 1 unspecified atom stereocenters. The van der Waals surface area contributed by atoms with Crippen LogP contribution in [0, 0.1) is 12.8 Å². The van der Waals surface area contributed by atoms with Crippen molar-refractivity contribution in [1.82, 2.24) is 0 Å². The zero-order valence-electron chi connectivity index (χ0n) is 15.1. The van der Waals surface area contributed by atoms with Crippen LogP contribution in [0.15, 0.2) is 42.5 Å². The van der Waals surface area contributed by atoms with E-state index in [0.717, 1.165) is 22.6 Å². The molecule has 1 saturated heterocycles. The number of anilines is 3. The maximum absolute atomic E-state index is 12.6. The van der Waals surface area contributed by atoms with E-state index in [4.69, 9.17) is 11.6 Å². The molecular formula is C20H22ClN3O2. The summed E-state index contributed by atoms with van der Waals surface area (Å²) >= 11 is 6.16. The number of nitrogens with zero attached hydrogens (tertiary/aromatic N) is 2. The molecule has 2 amide bonds. The Balaban J connectivity index is 1.70. The molecule has 1 aliphatic rings. The van der Waals surface area contributed by atoms with Crippen LogP contribution in [-0.2, 0) is 9.59 Å². The number of amides is 2. The number of carbonyl (C=O) groups excluding carboxylic acids is 2. The van der Waals surface area contributed by atoms with Crippen LogP contribution in [0.1, 0.15) is 12.0 Å². The van der Waals surface area contributed by atoms with E-state index in [1.165, 1.54) is 0 Å². The minimum Gasteiger partial charge on any atom is -0.378 e. The third-order valence-electron chi connectivity index (χ3n) is 4.68. The van der Waals surface area contributed by atoms with Crippen LogP contribution in [0.5, 0.6) is 0 Å². The zero-order valence-corrected chi connectivity index (χ0v) is 15.9. The van der Waals surface area contributed by atoms with E-state index >= 15 is 0 Å². The van der Waals surface area contributed by atoms with Gasteiger partial charge in [0.05, 0.1) is 5.92 Å². The summed E-state index contributed by atoms with van der Waals surface area (Å²) < 4.78 is 0. The first kappa shape index (κ1) is 18.3. The Kier molecular flexibility index (Phi) is 5.18. The summed E-state index contributed by atoms with van der Waals surface area (Å²) in [7, 11) is 3.92. The van der Waals surface area contributed by atoms with E-state index in [2.05, 4.69) is 5.32 Å². The summed E-state index contributed by atoms with van der Waals surface area (Å²) in [6, 6.07) is 13.1. The van der Waals surface area contributed by atoms with Crippen LogP contribution >= 0.6 is 11.6 Å². The fourth-order valence-corrected chi connectivity index (χ4v) is 3.26. The summed E-state index contributed by atoms with van der Waals surface area (Å²) in [5, 5.41) is 3.52. The summed E-state index contributed by atoms with van der Waals surface area (Å²) in [6.07, 6.45) is 0.202. The number of carbonyl (C=O) groups is 2. The number of hydrogen-bond acceptors (Lipinski definition) is 3. The number of nitrogens with one attached hydrogen (secondary N) is 1. The molecule has 1 atom stereocenters. The molecule has 26 heavy (non-hydrogen) atoms. The summed E-state index contributed by atoms with van der Waals surface area (Å²) in [5.74, 6) is -0.578. The lowest BCUT2D eigenvalue weighted by atomic mass is 10.1. The molecule has 1 aliphatic heterocycles. The van der Waals surface area contributed by atoms with Gasteiger partial charge in [0, 0.05) is 49.1 Å². The van der Waals surface area contributed by atoms with Crippen molar-refractivity contribution in [2.75, 3.05) is 35.8 Å². The maximum Gasteiger partial charge on any atom is 0.229 e. The lowest BCUT2D eigenvalue weighted by Crippen LogP contribution is -2.28. The second kappa shape index (κ2) is 7.38. The van der Waals surface area contributed by atoms with Crippen molar-refractivity contribution >= 4 is 40.5 Å². The minimum atomic E-state index is -0.380. The van der Waals surface area contributed by atoms with Gasteiger partial charge in [0.15, 0.2) is 0 Å². The first-order chi connectivity index (χ1) is 12.4. The Morgan fingerprint density at radius 3 is 2.54 bits per heavy atom. The van der Waals surface area contributed by atoms with E-state index < -0.39 is 0 Å². The smallest absolute Gasteiger partial charge is 0.229 e. The first-order valence-electron chi connectivity index (χ1n) is 8.50. The molecule has 0 radical (unpaired) electrons. The van der Waals surface area contributed by atoms with Crippen molar-refractivity contribution < 1.29 is 9.59 Å². The van der Waals surface area contributed by atoms with Gasteiger partial charge in [-0.3, -0.25) is 9.59 Å². The van der Waals surface area contributed by atoms with Crippen LogP contribution in [-0.4, -0.2) is 32.5 Å². The van der Waals surface area contributed by atoms with Gasteiger partial charge in [-0.1, -0.05) is 17.7 Å². The van der Waals surface area contributed by atoms with Gasteiger partial charge >= 0.3 is 0 Å². The molecule has 6 heteroatoms. The van der Waals surface area contributed by atoms with Gasteiger partial charge in [0.1, 0.15) is 0 Å². The van der Waals surface area contributed by atoms with E-state index in [0.29, 0.717) is 11.6 Å². The SMILES string of the molecule is Cc1c(Cl)cccc1N1CC(C(=O)Nc2ccc(N(C)C)cc2)CC1=O. The third-order valence-corrected chi connectivity index (χ3v) is 5.09. The largest absolute Gasteiger partial charge is 0.378 e. The number of hydrogen-bond donors (Lipinski definition) is 1. The highest BCUT2D eigenvalue weighted by molar-refractivity contribution is 6.31. The van der Waals surface area contributed by atoms with Gasteiger partial charge in [0.2, 0.25) is 11.8 Å². The van der Waals surface area contributed by atoms with Crippen molar-refractivity contribution in [3.63, 3.8) is 0 Å². The van der Waals surface area contributed by atoms with Gasteiger partial charge in [0.25, 0.3) is 0 Å². The van der Waals surface area contributed by atoms with Gasteiger partial charge in [-0.15, -0.1) is 0 Å². The average Bonchev–Trinajstić information content (AvgIpc) is 2.99. The standard InChI is InChI=1S/C20H22ClN3O2/c1-13-17(21)5-4-6-18(13)24-12-14(11-19(24)25)20(26)22-15-7-9-16(10-8-15)23(2)3/h4-10,14H,11-12H2,1-3H3,(H,22,26). The van der Waals surface area contributed by atoms with E-state index in [9.17, 15) is 9.59 Å². The molecule has 2 aromatic rings. The molecule has 1 N–H and O–H groups in total. The van der Waals surface area contributed by atoms with Crippen molar-refractivity contribution in [2.24, 2.45) is 5.92 Å². The molecule has 0 aromatic heterocycles. The second-order valence-electron chi connectivity index (χ2n) is 6.72. The van der Waals surface area contributed by atoms with E-state index in [-0.39, 0.29) is 24.2 Å². The lowest BCUT2D eigenvalue weighted by Gasteiger charge is -2.19. The van der Waals surface area contributed by atoms with Gasteiger partial charge in [-0.2, -0.15) is 0 Å². The highest BCUT2D eigenvalue weighted by Gasteiger charge is 2.35. The molecule has 0 bridgehead atoms. The Hall–Kier alpha value is -2.53. The highest BCUT2D eigenvalue weighted by Crippen LogP contribution is 2.31. The van der Waals surface area contributed by atoms with Crippen LogP contribution in [0.3, 0.4) is 0 Å². The quantitative estimate of drug-likeness (QED) is 0.891. The minimum absolute atomic E-state index is 0.0570. The molecular weight excluding hydrogens is 350 g/mol. The van der Waals surface area contributed by atoms with Crippen LogP contribution in [0.4, 0.5) is 17.1 Å². The molecule has 5 nitrogen and oxygen atoms in total. The predicted octanol–water partition coefficient (Wildman–Crippen LogP) is 3.71. The zero-order chi connectivity index (χ0) is 18.8. The first-order valence-corrected chi connectivity index (χ1v) is 8.88. The Morgan fingerprint density at radius 2 is 1.88 bits per heavy atom. The topological polar surface area (TPSA) is 52.7 Å². The molecule has 3 rings (SSSR count). The van der Waals surface area contributed by atoms with E-state index in [1.807, 2.05) is 62.3 Å². The second-order valence-corrected chi connectivity index (χ2v) is 7.13. The molecule has 136 valence electrons. The maximum atomic E-state index is 12.6. The summed E-state index contributed by atoms with van der Waals surface area (Å²) in [6.45, 7) is 2.24. The highest BCUT2D eigenvalue weighted by atomic mass is 35.5. The van der Waals surface area contributed by atoms with Gasteiger partial charge < -0.3 is 15.1 Å². The van der Waals surface area contributed by atoms with E-state index in [1.54, 1.807) is 11.0 Å². The Morgan fingerprint density at radius 1 is 1.19 bits per heavy atom. The average molecular weight is 372 g/mol. The molecule has 0 spiro atoms. The molecule has 0 aliphatic carbocycles. The Bertz CT molecular complexity index is 833. The lowest BCUT2D eigenvalue weighted by molar-refractivity contribution is -0.122. The van der Waals surface area contributed by atoms with Crippen molar-refractivity contribution in [2.45, 2.75) is 13.3 Å². The third kappa shape index (κ3) is 3.68. The number of halogens is 1. The van der Waals surface area contributed by atoms with Crippen molar-refractivity contribution in [3.05, 3.63) is 53.1 Å². The van der Waals surface area contributed by atoms with Crippen LogP contribution in [0.2, 0.25) is 5.02 Å².